The number of ketones is 2. The smallest absolute Gasteiger partial charge is 0.192 e. The molecular formula is C17H28O4S2. The first kappa shape index (κ1) is 22.4. The molecule has 132 valence electrons. The summed E-state index contributed by atoms with van der Waals surface area (Å²) in [5, 5.41) is 0.654. The van der Waals surface area contributed by atoms with Crippen molar-refractivity contribution in [1.29, 1.82) is 0 Å². The highest BCUT2D eigenvalue weighted by molar-refractivity contribution is 8.14. The normalized spacial score (nSPS) is 19.5. The molecule has 2 heterocycles. The van der Waals surface area contributed by atoms with Crippen molar-refractivity contribution >= 4 is 45.3 Å². The predicted octanol–water partition coefficient (Wildman–Crippen LogP) is 4.05. The van der Waals surface area contributed by atoms with E-state index in [9.17, 15) is 19.2 Å². The Labute approximate surface area is 147 Å². The lowest BCUT2D eigenvalue weighted by Gasteiger charge is -2.02. The summed E-state index contributed by atoms with van der Waals surface area (Å²) in [6, 6.07) is 0. The quantitative estimate of drug-likeness (QED) is 0.737. The van der Waals surface area contributed by atoms with Gasteiger partial charge in [0.2, 0.25) is 0 Å². The van der Waals surface area contributed by atoms with Crippen molar-refractivity contribution in [3.05, 3.63) is 0 Å². The number of Topliss-reactive ketones (excluding diaryl/α,β-unsaturated/α-hetero) is 2. The first-order valence-corrected chi connectivity index (χ1v) is 10.1. The number of hydrogen-bond donors (Lipinski definition) is 0. The number of rotatable bonds is 5. The Kier molecular flexibility index (Phi) is 13.4. The first-order valence-electron chi connectivity index (χ1n) is 8.18. The topological polar surface area (TPSA) is 68.3 Å². The number of hydrogen-bond acceptors (Lipinski definition) is 6. The molecule has 2 fully saturated rings. The van der Waals surface area contributed by atoms with Gasteiger partial charge in [0.15, 0.2) is 10.2 Å². The minimum absolute atomic E-state index is 0.170. The lowest BCUT2D eigenvalue weighted by molar-refractivity contribution is -0.118. The van der Waals surface area contributed by atoms with Gasteiger partial charge in [-0.2, -0.15) is 0 Å². The summed E-state index contributed by atoms with van der Waals surface area (Å²) >= 11 is 2.87. The van der Waals surface area contributed by atoms with E-state index in [0.717, 1.165) is 50.0 Å². The maximum absolute atomic E-state index is 11.0. The zero-order valence-corrected chi connectivity index (χ0v) is 16.0. The second-order valence-corrected chi connectivity index (χ2v) is 7.92. The van der Waals surface area contributed by atoms with E-state index in [1.807, 2.05) is 6.92 Å². The third-order valence-electron chi connectivity index (χ3n) is 3.28. The summed E-state index contributed by atoms with van der Waals surface area (Å²) in [4.78, 5) is 41.9. The monoisotopic (exact) mass is 360 g/mol. The fraction of sp³-hybridized carbons (Fsp3) is 0.765. The molecule has 4 nitrogen and oxygen atoms in total. The van der Waals surface area contributed by atoms with Crippen molar-refractivity contribution in [2.45, 2.75) is 65.7 Å². The van der Waals surface area contributed by atoms with Gasteiger partial charge in [0.1, 0.15) is 11.6 Å². The predicted molar refractivity (Wildman–Crippen MR) is 97.8 cm³/mol. The molecule has 0 N–H and O–H groups in total. The SMILES string of the molecule is CC(=O)CCC1CCSC1=O.CCCC(C)=O.O=C1CCCS1. The van der Waals surface area contributed by atoms with Crippen molar-refractivity contribution in [3.63, 3.8) is 0 Å². The Bertz CT molecular complexity index is 399. The zero-order chi connectivity index (χ0) is 17.7. The Balaban J connectivity index is 0.000000344. The van der Waals surface area contributed by atoms with Crippen molar-refractivity contribution < 1.29 is 19.2 Å². The Morgan fingerprint density at radius 3 is 1.96 bits per heavy atom. The summed E-state index contributed by atoms with van der Waals surface area (Å²) in [7, 11) is 0. The van der Waals surface area contributed by atoms with Gasteiger partial charge in [-0.1, -0.05) is 30.4 Å². The van der Waals surface area contributed by atoms with Gasteiger partial charge in [-0.05, 0) is 39.5 Å². The Morgan fingerprint density at radius 1 is 1.04 bits per heavy atom. The van der Waals surface area contributed by atoms with Crippen LogP contribution in [-0.4, -0.2) is 33.3 Å². The van der Waals surface area contributed by atoms with Gasteiger partial charge in [0.25, 0.3) is 0 Å². The van der Waals surface area contributed by atoms with Crippen LogP contribution in [0.15, 0.2) is 0 Å². The molecule has 0 bridgehead atoms. The maximum Gasteiger partial charge on any atom is 0.192 e. The van der Waals surface area contributed by atoms with Crippen LogP contribution in [-0.2, 0) is 19.2 Å². The minimum Gasteiger partial charge on any atom is -0.300 e. The average Bonchev–Trinajstić information content (AvgIpc) is 3.09. The molecule has 2 rings (SSSR count). The van der Waals surface area contributed by atoms with Crippen LogP contribution in [0.25, 0.3) is 0 Å². The molecule has 2 saturated heterocycles. The van der Waals surface area contributed by atoms with E-state index in [0.29, 0.717) is 11.5 Å². The van der Waals surface area contributed by atoms with Gasteiger partial charge in [-0.15, -0.1) is 0 Å². The molecular weight excluding hydrogens is 332 g/mol. The molecule has 23 heavy (non-hydrogen) atoms. The minimum atomic E-state index is 0.170. The van der Waals surface area contributed by atoms with E-state index >= 15 is 0 Å². The Hall–Kier alpha value is -0.620. The van der Waals surface area contributed by atoms with Crippen molar-refractivity contribution in [1.82, 2.24) is 0 Å². The molecule has 2 aliphatic heterocycles. The molecule has 0 aromatic carbocycles. The van der Waals surface area contributed by atoms with Gasteiger partial charge in [-0.25, -0.2) is 0 Å². The van der Waals surface area contributed by atoms with Crippen LogP contribution in [0, 0.1) is 5.92 Å². The molecule has 0 aromatic heterocycles. The van der Waals surface area contributed by atoms with Gasteiger partial charge >= 0.3 is 0 Å². The molecule has 0 saturated carbocycles. The first-order chi connectivity index (χ1) is 10.9. The second kappa shape index (κ2) is 13.8. The third kappa shape index (κ3) is 13.5. The number of thioether (sulfide) groups is 2. The molecule has 1 atom stereocenters. The van der Waals surface area contributed by atoms with Gasteiger partial charge in [0.05, 0.1) is 0 Å². The number of carbonyl (C=O) groups excluding carboxylic acids is 4. The van der Waals surface area contributed by atoms with Gasteiger partial charge < -0.3 is 9.59 Å². The molecule has 0 aromatic rings. The summed E-state index contributed by atoms with van der Waals surface area (Å²) in [6.45, 7) is 5.19. The summed E-state index contributed by atoms with van der Waals surface area (Å²) in [5.74, 6) is 2.65. The molecule has 6 heteroatoms. The third-order valence-corrected chi connectivity index (χ3v) is 5.36. The van der Waals surface area contributed by atoms with Crippen LogP contribution in [0.1, 0.15) is 65.7 Å². The van der Waals surface area contributed by atoms with E-state index in [4.69, 9.17) is 0 Å². The Morgan fingerprint density at radius 2 is 1.70 bits per heavy atom. The summed E-state index contributed by atoms with van der Waals surface area (Å²) in [6.07, 6.45) is 5.93. The fourth-order valence-corrected chi connectivity index (χ4v) is 3.88. The second-order valence-electron chi connectivity index (χ2n) is 5.67. The highest BCUT2D eigenvalue weighted by Crippen LogP contribution is 2.28. The van der Waals surface area contributed by atoms with Gasteiger partial charge in [0, 0.05) is 36.7 Å². The average molecular weight is 361 g/mol. The summed E-state index contributed by atoms with van der Waals surface area (Å²) < 4.78 is 0. The zero-order valence-electron chi connectivity index (χ0n) is 14.4. The molecule has 0 aliphatic carbocycles. The lowest BCUT2D eigenvalue weighted by Crippen LogP contribution is -2.06. The van der Waals surface area contributed by atoms with Crippen LogP contribution < -0.4 is 0 Å². The van der Waals surface area contributed by atoms with Crippen LogP contribution in [0.5, 0.6) is 0 Å². The maximum atomic E-state index is 11.0. The van der Waals surface area contributed by atoms with Crippen molar-refractivity contribution in [2.24, 2.45) is 5.92 Å². The van der Waals surface area contributed by atoms with E-state index in [-0.39, 0.29) is 22.6 Å². The van der Waals surface area contributed by atoms with E-state index in [2.05, 4.69) is 0 Å². The van der Waals surface area contributed by atoms with E-state index in [1.165, 1.54) is 23.5 Å². The van der Waals surface area contributed by atoms with E-state index in [1.54, 1.807) is 13.8 Å². The molecule has 2 aliphatic rings. The molecule has 0 radical (unpaired) electrons. The van der Waals surface area contributed by atoms with E-state index < -0.39 is 0 Å². The van der Waals surface area contributed by atoms with Crippen molar-refractivity contribution in [2.75, 3.05) is 11.5 Å². The van der Waals surface area contributed by atoms with Crippen LogP contribution in [0.4, 0.5) is 0 Å². The van der Waals surface area contributed by atoms with Crippen LogP contribution in [0.3, 0.4) is 0 Å². The van der Waals surface area contributed by atoms with Gasteiger partial charge in [-0.3, -0.25) is 9.59 Å². The van der Waals surface area contributed by atoms with Crippen molar-refractivity contribution in [3.8, 4) is 0 Å². The highest BCUT2D eigenvalue weighted by atomic mass is 32.2. The highest BCUT2D eigenvalue weighted by Gasteiger charge is 2.24. The van der Waals surface area contributed by atoms with Crippen LogP contribution in [0.2, 0.25) is 0 Å². The molecule has 0 amide bonds. The number of carbonyl (C=O) groups is 4. The lowest BCUT2D eigenvalue weighted by atomic mass is 10.0. The summed E-state index contributed by atoms with van der Waals surface area (Å²) in [5.41, 5.74) is 0. The van der Waals surface area contributed by atoms with Crippen LogP contribution >= 0.6 is 23.5 Å². The largest absolute Gasteiger partial charge is 0.300 e. The molecule has 0 spiro atoms. The standard InChI is InChI=1S/C8H12O2S.C5H10O.C4H6OS/c1-6(9)2-3-7-4-5-11-8(7)10;1-3-4-5(2)6;5-4-2-1-3-6-4/h7H,2-5H2,1H3;3-4H2,1-2H3;1-3H2. The fourth-order valence-electron chi connectivity index (χ4n) is 2.00. The molecule has 1 unspecified atom stereocenters.